The van der Waals surface area contributed by atoms with Gasteiger partial charge in [0.15, 0.2) is 10.9 Å². The highest BCUT2D eigenvalue weighted by molar-refractivity contribution is 7.17. The molecule has 0 unspecified atom stereocenters. The Labute approximate surface area is 172 Å². The second-order valence-corrected chi connectivity index (χ2v) is 8.73. The van der Waals surface area contributed by atoms with Gasteiger partial charge in [0, 0.05) is 6.42 Å². The lowest BCUT2D eigenvalue weighted by molar-refractivity contribution is -0.120. The van der Waals surface area contributed by atoms with Crippen molar-refractivity contribution in [1.82, 2.24) is 9.88 Å². The molecule has 1 aliphatic heterocycles. The van der Waals surface area contributed by atoms with Crippen LogP contribution in [0.5, 0.6) is 0 Å². The average molecular weight is 411 g/mol. The number of hydrogen-bond acceptors (Lipinski definition) is 6. The number of ketones is 1. The maximum Gasteiger partial charge on any atom is 0.262 e. The van der Waals surface area contributed by atoms with Crippen molar-refractivity contribution >= 4 is 40.0 Å². The van der Waals surface area contributed by atoms with Crippen LogP contribution in [0.15, 0.2) is 24.3 Å². The molecule has 3 amide bonds. The van der Waals surface area contributed by atoms with Gasteiger partial charge < -0.3 is 5.32 Å². The summed E-state index contributed by atoms with van der Waals surface area (Å²) in [6, 6.07) is 5.64. The van der Waals surface area contributed by atoms with Gasteiger partial charge in [-0.05, 0) is 37.3 Å². The van der Waals surface area contributed by atoms with Crippen molar-refractivity contribution in [2.45, 2.75) is 45.6 Å². The number of thiazole rings is 1. The van der Waals surface area contributed by atoms with Gasteiger partial charge in [0.1, 0.15) is 6.04 Å². The van der Waals surface area contributed by atoms with Gasteiger partial charge >= 0.3 is 0 Å². The van der Waals surface area contributed by atoms with Crippen LogP contribution in [-0.2, 0) is 11.2 Å². The van der Waals surface area contributed by atoms with E-state index in [-0.39, 0.29) is 11.7 Å². The molecule has 4 rings (SSSR count). The first-order chi connectivity index (χ1) is 13.9. The topological polar surface area (TPSA) is 96.4 Å². The number of rotatable bonds is 5. The number of aromatic nitrogens is 1. The minimum atomic E-state index is -0.945. The first-order valence-corrected chi connectivity index (χ1v) is 10.5. The van der Waals surface area contributed by atoms with Crippen LogP contribution in [0.25, 0.3) is 0 Å². The summed E-state index contributed by atoms with van der Waals surface area (Å²) in [7, 11) is 0. The fraction of sp³-hybridized carbons (Fsp3) is 0.381. The zero-order chi connectivity index (χ0) is 20.7. The molecule has 0 spiro atoms. The van der Waals surface area contributed by atoms with E-state index < -0.39 is 23.8 Å². The molecule has 8 heteroatoms. The Morgan fingerprint density at radius 1 is 1.14 bits per heavy atom. The Hall–Kier alpha value is -2.87. The lowest BCUT2D eigenvalue weighted by Gasteiger charge is -2.26. The Balaban J connectivity index is 1.61. The monoisotopic (exact) mass is 411 g/mol. The van der Waals surface area contributed by atoms with E-state index in [1.54, 1.807) is 24.3 Å². The van der Waals surface area contributed by atoms with Gasteiger partial charge in [-0.2, -0.15) is 0 Å². The molecule has 0 saturated heterocycles. The van der Waals surface area contributed by atoms with E-state index in [0.29, 0.717) is 46.1 Å². The number of nitrogens with zero attached hydrogens (tertiary/aromatic N) is 2. The minimum absolute atomic E-state index is 0.0447. The zero-order valence-corrected chi connectivity index (χ0v) is 17.0. The van der Waals surface area contributed by atoms with Gasteiger partial charge in [0.25, 0.3) is 11.8 Å². The highest BCUT2D eigenvalue weighted by Crippen LogP contribution is 2.31. The predicted molar refractivity (Wildman–Crippen MR) is 108 cm³/mol. The van der Waals surface area contributed by atoms with Crippen molar-refractivity contribution in [3.63, 3.8) is 0 Å². The fourth-order valence-corrected chi connectivity index (χ4v) is 4.76. The molecule has 1 N–H and O–H groups in total. The summed E-state index contributed by atoms with van der Waals surface area (Å²) < 4.78 is 0. The molecule has 2 aromatic rings. The number of nitrogens with one attached hydrogen (secondary N) is 1. The molecule has 0 fully saturated rings. The van der Waals surface area contributed by atoms with E-state index in [4.69, 9.17) is 0 Å². The maximum atomic E-state index is 13.1. The molecule has 0 saturated carbocycles. The summed E-state index contributed by atoms with van der Waals surface area (Å²) in [4.78, 5) is 56.9. The Bertz CT molecular complexity index is 992. The van der Waals surface area contributed by atoms with Gasteiger partial charge in [-0.1, -0.05) is 37.3 Å². The molecular weight excluding hydrogens is 390 g/mol. The number of amides is 3. The van der Waals surface area contributed by atoms with E-state index in [0.717, 1.165) is 22.7 Å². The second-order valence-electron chi connectivity index (χ2n) is 7.73. The van der Waals surface area contributed by atoms with E-state index in [2.05, 4.69) is 10.3 Å². The summed E-state index contributed by atoms with van der Waals surface area (Å²) in [6.45, 7) is 3.86. The van der Waals surface area contributed by atoms with Crippen LogP contribution in [0.3, 0.4) is 0 Å². The molecule has 2 aliphatic rings. The van der Waals surface area contributed by atoms with Crippen LogP contribution in [0.4, 0.5) is 5.13 Å². The van der Waals surface area contributed by atoms with Gasteiger partial charge in [-0.3, -0.25) is 24.1 Å². The summed E-state index contributed by atoms with van der Waals surface area (Å²) in [5, 5.41) is 3.07. The highest BCUT2D eigenvalue weighted by Gasteiger charge is 2.43. The van der Waals surface area contributed by atoms with E-state index in [9.17, 15) is 19.2 Å². The van der Waals surface area contributed by atoms with E-state index in [1.165, 1.54) is 0 Å². The molecule has 150 valence electrons. The summed E-state index contributed by atoms with van der Waals surface area (Å²) in [6.07, 6.45) is 2.30. The van der Waals surface area contributed by atoms with Crippen LogP contribution in [0.1, 0.15) is 69.2 Å². The lowest BCUT2D eigenvalue weighted by atomic mass is 10.0. The standard InChI is InChI=1S/C21H21N3O4S/c1-11(2)10-15(24-19(27)12-6-3-4-7-13(12)20(24)28)18(26)23-21-22-14-8-5-9-16(25)17(14)29-21/h3-4,6-7,11,15H,5,8-10H2,1-2H3,(H,22,23,26)/t15-/m0/s1. The molecule has 1 aromatic carbocycles. The van der Waals surface area contributed by atoms with Crippen molar-refractivity contribution in [1.29, 1.82) is 0 Å². The van der Waals surface area contributed by atoms with Crippen molar-refractivity contribution in [3.8, 4) is 0 Å². The molecule has 0 bridgehead atoms. The SMILES string of the molecule is CC(C)C[C@@H](C(=O)Nc1nc2c(s1)C(=O)CCC2)N1C(=O)c2ccccc2C1=O. The van der Waals surface area contributed by atoms with E-state index in [1.807, 2.05) is 13.8 Å². The second kappa shape index (κ2) is 7.51. The Morgan fingerprint density at radius 2 is 1.79 bits per heavy atom. The van der Waals surface area contributed by atoms with Crippen molar-refractivity contribution in [2.24, 2.45) is 5.92 Å². The largest absolute Gasteiger partial charge is 0.300 e. The van der Waals surface area contributed by atoms with Crippen molar-refractivity contribution in [3.05, 3.63) is 46.0 Å². The molecule has 1 aromatic heterocycles. The summed E-state index contributed by atoms with van der Waals surface area (Å²) in [5.74, 6) is -1.25. The third-order valence-corrected chi connectivity index (χ3v) is 6.19. The van der Waals surface area contributed by atoms with Crippen molar-refractivity contribution in [2.75, 3.05) is 5.32 Å². The molecule has 1 atom stereocenters. The number of hydrogen-bond donors (Lipinski definition) is 1. The third-order valence-electron chi connectivity index (χ3n) is 5.13. The van der Waals surface area contributed by atoms with E-state index >= 15 is 0 Å². The first kappa shape index (κ1) is 19.4. The molecule has 0 radical (unpaired) electrons. The van der Waals surface area contributed by atoms with Crippen molar-refractivity contribution < 1.29 is 19.2 Å². The minimum Gasteiger partial charge on any atom is -0.300 e. The quantitative estimate of drug-likeness (QED) is 0.762. The molecule has 7 nitrogen and oxygen atoms in total. The average Bonchev–Trinajstić information content (AvgIpc) is 3.20. The predicted octanol–water partition coefficient (Wildman–Crippen LogP) is 3.31. The maximum absolute atomic E-state index is 13.1. The van der Waals surface area contributed by atoms with Gasteiger partial charge in [-0.25, -0.2) is 4.98 Å². The van der Waals surface area contributed by atoms with Crippen LogP contribution in [-0.4, -0.2) is 39.4 Å². The fourth-order valence-electron chi connectivity index (χ4n) is 3.78. The number of fused-ring (bicyclic) bond motifs is 2. The Morgan fingerprint density at radius 3 is 2.38 bits per heavy atom. The number of aryl methyl sites for hydroxylation is 1. The highest BCUT2D eigenvalue weighted by atomic mass is 32.1. The number of Topliss-reactive ketones (excluding diaryl/α,β-unsaturated/α-hetero) is 1. The lowest BCUT2D eigenvalue weighted by Crippen LogP contribution is -2.47. The van der Waals surface area contributed by atoms with Gasteiger partial charge in [0.2, 0.25) is 5.91 Å². The molecule has 29 heavy (non-hydrogen) atoms. The van der Waals surface area contributed by atoms with Gasteiger partial charge in [0.05, 0.1) is 21.7 Å². The number of carbonyl (C=O) groups excluding carboxylic acids is 4. The van der Waals surface area contributed by atoms with Crippen LogP contribution in [0.2, 0.25) is 0 Å². The van der Waals surface area contributed by atoms with Gasteiger partial charge in [-0.15, -0.1) is 0 Å². The smallest absolute Gasteiger partial charge is 0.262 e. The zero-order valence-electron chi connectivity index (χ0n) is 16.2. The summed E-state index contributed by atoms with van der Waals surface area (Å²) in [5.41, 5.74) is 1.34. The molecule has 2 heterocycles. The number of carbonyl (C=O) groups is 4. The van der Waals surface area contributed by atoms with Crippen LogP contribution >= 0.6 is 11.3 Å². The summed E-state index contributed by atoms with van der Waals surface area (Å²) >= 11 is 1.16. The molecular formula is C21H21N3O4S. The third kappa shape index (κ3) is 3.48. The Kier molecular flexibility index (Phi) is 5.04. The normalized spacial score (nSPS) is 16.8. The number of imide groups is 1. The van der Waals surface area contributed by atoms with Crippen LogP contribution < -0.4 is 5.32 Å². The number of benzene rings is 1. The number of anilines is 1. The first-order valence-electron chi connectivity index (χ1n) is 9.67. The molecule has 1 aliphatic carbocycles. The van der Waals surface area contributed by atoms with Crippen LogP contribution in [0, 0.1) is 5.92 Å².